The highest BCUT2D eigenvalue weighted by molar-refractivity contribution is 5.29. The molecule has 0 bridgehead atoms. The molecule has 1 saturated carbocycles. The van der Waals surface area contributed by atoms with Crippen LogP contribution in [0.15, 0.2) is 18.2 Å². The molecule has 102 valence electrons. The highest BCUT2D eigenvalue weighted by Gasteiger charge is 2.43. The van der Waals surface area contributed by atoms with Crippen LogP contribution >= 0.6 is 0 Å². The number of benzene rings is 1. The molecule has 1 aromatic rings. The number of rotatable bonds is 7. The lowest BCUT2D eigenvalue weighted by Crippen LogP contribution is -2.14. The molecule has 0 radical (unpaired) electrons. The predicted molar refractivity (Wildman–Crippen MR) is 71.2 cm³/mol. The Bertz CT molecular complexity index is 478. The second kappa shape index (κ2) is 6.03. The molecule has 3 nitrogen and oxygen atoms in total. The SMILES string of the molecule is CCNCc1ccc(OCC2(CC#N)CC2)c(F)c1. The number of ether oxygens (including phenoxy) is 1. The van der Waals surface area contributed by atoms with E-state index in [1.165, 1.54) is 6.07 Å². The fraction of sp³-hybridized carbons (Fsp3) is 0.533. The zero-order chi connectivity index (χ0) is 13.7. The Kier molecular flexibility index (Phi) is 4.39. The predicted octanol–water partition coefficient (Wildman–Crippen LogP) is 3.01. The zero-order valence-electron chi connectivity index (χ0n) is 11.2. The summed E-state index contributed by atoms with van der Waals surface area (Å²) in [4.78, 5) is 0. The topological polar surface area (TPSA) is 45.0 Å². The summed E-state index contributed by atoms with van der Waals surface area (Å²) in [5.41, 5.74) is 0.883. The van der Waals surface area contributed by atoms with E-state index in [0.717, 1.165) is 24.9 Å². The quantitative estimate of drug-likeness (QED) is 0.821. The van der Waals surface area contributed by atoms with Crippen LogP contribution in [0.1, 0.15) is 31.7 Å². The molecule has 4 heteroatoms. The van der Waals surface area contributed by atoms with Crippen LogP contribution in [-0.4, -0.2) is 13.2 Å². The lowest BCUT2D eigenvalue weighted by Gasteiger charge is -2.14. The summed E-state index contributed by atoms with van der Waals surface area (Å²) in [6, 6.07) is 7.21. The summed E-state index contributed by atoms with van der Waals surface area (Å²) in [7, 11) is 0. The van der Waals surface area contributed by atoms with Crippen molar-refractivity contribution in [3.8, 4) is 11.8 Å². The van der Waals surface area contributed by atoms with E-state index in [0.29, 0.717) is 19.6 Å². The minimum Gasteiger partial charge on any atom is -0.490 e. The van der Waals surface area contributed by atoms with Crippen LogP contribution in [-0.2, 0) is 6.54 Å². The lowest BCUT2D eigenvalue weighted by molar-refractivity contribution is 0.227. The highest BCUT2D eigenvalue weighted by atomic mass is 19.1. The molecular weight excluding hydrogens is 243 g/mol. The molecule has 0 aliphatic heterocycles. The van der Waals surface area contributed by atoms with E-state index < -0.39 is 0 Å². The summed E-state index contributed by atoms with van der Waals surface area (Å²) in [5.74, 6) is -0.0485. The monoisotopic (exact) mass is 262 g/mol. The van der Waals surface area contributed by atoms with E-state index in [2.05, 4.69) is 11.4 Å². The van der Waals surface area contributed by atoms with E-state index in [1.807, 2.05) is 13.0 Å². The molecule has 0 unspecified atom stereocenters. The van der Waals surface area contributed by atoms with Crippen LogP contribution in [0.5, 0.6) is 5.75 Å². The number of hydrogen-bond acceptors (Lipinski definition) is 3. The molecular formula is C15H19FN2O. The molecule has 0 atom stereocenters. The fourth-order valence-corrected chi connectivity index (χ4v) is 1.99. The van der Waals surface area contributed by atoms with Crippen molar-refractivity contribution in [2.45, 2.75) is 32.7 Å². The Morgan fingerprint density at radius 1 is 1.47 bits per heavy atom. The third-order valence-electron chi connectivity index (χ3n) is 3.52. The number of nitrogens with zero attached hydrogens (tertiary/aromatic N) is 1. The van der Waals surface area contributed by atoms with E-state index >= 15 is 0 Å². The van der Waals surface area contributed by atoms with Gasteiger partial charge in [0, 0.05) is 18.4 Å². The molecule has 1 aliphatic carbocycles. The van der Waals surface area contributed by atoms with Crippen molar-refractivity contribution < 1.29 is 9.13 Å². The average molecular weight is 262 g/mol. The Morgan fingerprint density at radius 2 is 2.26 bits per heavy atom. The molecule has 0 amide bonds. The first-order valence-electron chi connectivity index (χ1n) is 6.68. The van der Waals surface area contributed by atoms with Crippen molar-refractivity contribution in [3.63, 3.8) is 0 Å². The molecule has 0 heterocycles. The summed E-state index contributed by atoms with van der Waals surface area (Å²) in [5, 5.41) is 11.9. The maximum Gasteiger partial charge on any atom is 0.165 e. The minimum atomic E-state index is -0.330. The molecule has 2 rings (SSSR count). The number of halogens is 1. The van der Waals surface area contributed by atoms with Gasteiger partial charge in [0.1, 0.15) is 0 Å². The maximum absolute atomic E-state index is 13.8. The summed E-state index contributed by atoms with van der Waals surface area (Å²) >= 11 is 0. The smallest absolute Gasteiger partial charge is 0.165 e. The van der Waals surface area contributed by atoms with Crippen LogP contribution in [0.25, 0.3) is 0 Å². The molecule has 0 saturated heterocycles. The summed E-state index contributed by atoms with van der Waals surface area (Å²) < 4.78 is 19.4. The standard InChI is InChI=1S/C15H19FN2O/c1-2-18-10-12-3-4-14(13(16)9-12)19-11-15(5-6-15)7-8-17/h3-4,9,18H,2,5-7,10-11H2,1H3. The normalized spacial score (nSPS) is 15.8. The Morgan fingerprint density at radius 3 is 2.84 bits per heavy atom. The third kappa shape index (κ3) is 3.68. The Labute approximate surface area is 113 Å². The van der Waals surface area contributed by atoms with E-state index in [9.17, 15) is 4.39 Å². The van der Waals surface area contributed by atoms with Crippen LogP contribution in [0.4, 0.5) is 4.39 Å². The van der Waals surface area contributed by atoms with E-state index in [4.69, 9.17) is 10.00 Å². The van der Waals surface area contributed by atoms with Gasteiger partial charge in [-0.05, 0) is 37.1 Å². The van der Waals surface area contributed by atoms with Crippen LogP contribution in [0.2, 0.25) is 0 Å². The average Bonchev–Trinajstić information content (AvgIpc) is 3.16. The maximum atomic E-state index is 13.8. The molecule has 1 N–H and O–H groups in total. The molecule has 0 aromatic heterocycles. The van der Waals surface area contributed by atoms with Crippen molar-refractivity contribution in [1.82, 2.24) is 5.32 Å². The van der Waals surface area contributed by atoms with Gasteiger partial charge in [0.05, 0.1) is 12.7 Å². The van der Waals surface area contributed by atoms with Gasteiger partial charge < -0.3 is 10.1 Å². The van der Waals surface area contributed by atoms with Crippen molar-refractivity contribution in [2.75, 3.05) is 13.2 Å². The fourth-order valence-electron chi connectivity index (χ4n) is 1.99. The van der Waals surface area contributed by atoms with Gasteiger partial charge in [0.2, 0.25) is 0 Å². The zero-order valence-corrected chi connectivity index (χ0v) is 11.2. The van der Waals surface area contributed by atoms with Gasteiger partial charge in [0.15, 0.2) is 11.6 Å². The van der Waals surface area contributed by atoms with Crippen molar-refractivity contribution in [3.05, 3.63) is 29.6 Å². The van der Waals surface area contributed by atoms with Gasteiger partial charge in [-0.25, -0.2) is 4.39 Å². The Balaban J connectivity index is 1.92. The van der Waals surface area contributed by atoms with Crippen molar-refractivity contribution in [1.29, 1.82) is 5.26 Å². The second-order valence-corrected chi connectivity index (χ2v) is 5.17. The molecule has 1 fully saturated rings. The number of hydrogen-bond donors (Lipinski definition) is 1. The number of nitrogens with one attached hydrogen (secondary N) is 1. The van der Waals surface area contributed by atoms with Gasteiger partial charge in [-0.15, -0.1) is 0 Å². The van der Waals surface area contributed by atoms with Crippen LogP contribution in [0, 0.1) is 22.6 Å². The first kappa shape index (κ1) is 13.8. The molecule has 1 aromatic carbocycles. The summed E-state index contributed by atoms with van der Waals surface area (Å²) in [6.07, 6.45) is 2.49. The Hall–Kier alpha value is -1.60. The van der Waals surface area contributed by atoms with E-state index in [-0.39, 0.29) is 17.0 Å². The van der Waals surface area contributed by atoms with Gasteiger partial charge in [-0.2, -0.15) is 5.26 Å². The van der Waals surface area contributed by atoms with Crippen LogP contribution in [0.3, 0.4) is 0 Å². The third-order valence-corrected chi connectivity index (χ3v) is 3.52. The van der Waals surface area contributed by atoms with Crippen molar-refractivity contribution in [2.24, 2.45) is 5.41 Å². The first-order chi connectivity index (χ1) is 9.19. The first-order valence-corrected chi connectivity index (χ1v) is 6.68. The van der Waals surface area contributed by atoms with Gasteiger partial charge in [-0.1, -0.05) is 13.0 Å². The summed E-state index contributed by atoms with van der Waals surface area (Å²) in [6.45, 7) is 3.96. The van der Waals surface area contributed by atoms with E-state index in [1.54, 1.807) is 6.07 Å². The number of nitriles is 1. The van der Waals surface area contributed by atoms with Crippen LogP contribution < -0.4 is 10.1 Å². The lowest BCUT2D eigenvalue weighted by atomic mass is 10.1. The largest absolute Gasteiger partial charge is 0.490 e. The highest BCUT2D eigenvalue weighted by Crippen LogP contribution is 2.48. The van der Waals surface area contributed by atoms with Gasteiger partial charge in [-0.3, -0.25) is 0 Å². The molecule has 0 spiro atoms. The second-order valence-electron chi connectivity index (χ2n) is 5.17. The van der Waals surface area contributed by atoms with Gasteiger partial charge >= 0.3 is 0 Å². The minimum absolute atomic E-state index is 0.0242. The van der Waals surface area contributed by atoms with Crippen molar-refractivity contribution >= 4 is 0 Å². The molecule has 1 aliphatic rings. The molecule has 19 heavy (non-hydrogen) atoms. The van der Waals surface area contributed by atoms with Gasteiger partial charge in [0.25, 0.3) is 0 Å².